The molecule has 19 heavy (non-hydrogen) atoms. The summed E-state index contributed by atoms with van der Waals surface area (Å²) < 4.78 is 8.26. The van der Waals surface area contributed by atoms with Crippen molar-refractivity contribution in [2.75, 3.05) is 0 Å². The molecule has 98 valence electrons. The fourth-order valence-corrected chi connectivity index (χ4v) is 2.80. The number of hydrogen-bond acceptors (Lipinski definition) is 1. The number of nitrogens with zero attached hydrogens (tertiary/aromatic N) is 1. The van der Waals surface area contributed by atoms with Crippen LogP contribution in [0.4, 0.5) is 0 Å². The van der Waals surface area contributed by atoms with E-state index in [-0.39, 0.29) is 12.3 Å². The van der Waals surface area contributed by atoms with Crippen LogP contribution in [0.2, 0.25) is 0 Å². The SMILES string of the molecule is CC(C)O[C@@H](C)n1c2ccccc2c2ccccc21. The highest BCUT2D eigenvalue weighted by molar-refractivity contribution is 6.08. The van der Waals surface area contributed by atoms with Gasteiger partial charge in [0.05, 0.1) is 17.1 Å². The molecule has 0 N–H and O–H groups in total. The van der Waals surface area contributed by atoms with Crippen molar-refractivity contribution in [2.45, 2.75) is 33.1 Å². The number of fused-ring (bicyclic) bond motifs is 3. The Labute approximate surface area is 113 Å². The van der Waals surface area contributed by atoms with E-state index in [1.165, 1.54) is 21.8 Å². The number of para-hydroxylation sites is 2. The van der Waals surface area contributed by atoms with Crippen LogP contribution in [0.1, 0.15) is 27.0 Å². The molecule has 0 radical (unpaired) electrons. The summed E-state index contributed by atoms with van der Waals surface area (Å²) in [4.78, 5) is 0. The Hall–Kier alpha value is -1.80. The van der Waals surface area contributed by atoms with Gasteiger partial charge in [0.15, 0.2) is 0 Å². The van der Waals surface area contributed by atoms with Crippen LogP contribution in [0, 0.1) is 0 Å². The van der Waals surface area contributed by atoms with Crippen LogP contribution in [0.15, 0.2) is 48.5 Å². The van der Waals surface area contributed by atoms with Gasteiger partial charge in [-0.15, -0.1) is 0 Å². The van der Waals surface area contributed by atoms with E-state index in [1.807, 2.05) is 0 Å². The average Bonchev–Trinajstić information content (AvgIpc) is 2.72. The van der Waals surface area contributed by atoms with E-state index in [9.17, 15) is 0 Å². The molecule has 2 heteroatoms. The molecule has 2 nitrogen and oxygen atoms in total. The lowest BCUT2D eigenvalue weighted by atomic mass is 10.2. The van der Waals surface area contributed by atoms with Gasteiger partial charge < -0.3 is 9.30 Å². The zero-order valence-electron chi connectivity index (χ0n) is 11.6. The standard InChI is InChI=1S/C17H19NO/c1-12(2)19-13(3)18-16-10-6-4-8-14(16)15-9-5-7-11-17(15)18/h4-13H,1-3H3/t13-/m0/s1. The third-order valence-electron chi connectivity index (χ3n) is 3.45. The minimum atomic E-state index is 0.0322. The first-order chi connectivity index (χ1) is 9.18. The first kappa shape index (κ1) is 12.2. The maximum Gasteiger partial charge on any atom is 0.132 e. The van der Waals surface area contributed by atoms with Gasteiger partial charge in [-0.25, -0.2) is 0 Å². The second kappa shape index (κ2) is 4.71. The average molecular weight is 253 g/mol. The highest BCUT2D eigenvalue weighted by Gasteiger charge is 2.15. The monoisotopic (exact) mass is 253 g/mol. The normalized spacial score (nSPS) is 13.5. The van der Waals surface area contributed by atoms with Crippen LogP contribution in [-0.4, -0.2) is 10.7 Å². The number of aromatic nitrogens is 1. The summed E-state index contributed by atoms with van der Waals surface area (Å²) in [5.41, 5.74) is 2.47. The van der Waals surface area contributed by atoms with Gasteiger partial charge in [0.2, 0.25) is 0 Å². The molecular weight excluding hydrogens is 234 g/mol. The van der Waals surface area contributed by atoms with E-state index in [4.69, 9.17) is 4.74 Å². The van der Waals surface area contributed by atoms with Crippen LogP contribution in [0.3, 0.4) is 0 Å². The first-order valence-electron chi connectivity index (χ1n) is 6.81. The predicted molar refractivity (Wildman–Crippen MR) is 80.4 cm³/mol. The molecule has 3 aromatic rings. The fourth-order valence-electron chi connectivity index (χ4n) is 2.80. The van der Waals surface area contributed by atoms with Crippen molar-refractivity contribution >= 4 is 21.8 Å². The Morgan fingerprint density at radius 2 is 1.26 bits per heavy atom. The lowest BCUT2D eigenvalue weighted by molar-refractivity contribution is -0.0200. The van der Waals surface area contributed by atoms with E-state index >= 15 is 0 Å². The van der Waals surface area contributed by atoms with Crippen molar-refractivity contribution in [2.24, 2.45) is 0 Å². The molecule has 0 saturated heterocycles. The van der Waals surface area contributed by atoms with E-state index in [0.717, 1.165) is 0 Å². The zero-order valence-corrected chi connectivity index (χ0v) is 11.6. The van der Waals surface area contributed by atoms with Crippen molar-refractivity contribution in [1.29, 1.82) is 0 Å². The van der Waals surface area contributed by atoms with Gasteiger partial charge >= 0.3 is 0 Å². The molecule has 1 heterocycles. The number of benzene rings is 2. The van der Waals surface area contributed by atoms with Gasteiger partial charge in [-0.1, -0.05) is 36.4 Å². The zero-order chi connectivity index (χ0) is 13.4. The number of rotatable bonds is 3. The minimum Gasteiger partial charge on any atom is -0.356 e. The van der Waals surface area contributed by atoms with Crippen molar-refractivity contribution < 1.29 is 4.74 Å². The Balaban J connectivity index is 2.30. The summed E-state index contributed by atoms with van der Waals surface area (Å²) in [5.74, 6) is 0. The molecule has 0 spiro atoms. The quantitative estimate of drug-likeness (QED) is 0.657. The number of ether oxygens (including phenoxy) is 1. The number of hydrogen-bond donors (Lipinski definition) is 0. The van der Waals surface area contributed by atoms with Gasteiger partial charge in [0.1, 0.15) is 6.23 Å². The lowest BCUT2D eigenvalue weighted by Gasteiger charge is -2.20. The smallest absolute Gasteiger partial charge is 0.132 e. The van der Waals surface area contributed by atoms with Crippen molar-refractivity contribution in [1.82, 2.24) is 4.57 Å². The molecule has 3 rings (SSSR count). The summed E-state index contributed by atoms with van der Waals surface area (Å²) in [7, 11) is 0. The van der Waals surface area contributed by atoms with Crippen LogP contribution >= 0.6 is 0 Å². The van der Waals surface area contributed by atoms with Crippen LogP contribution in [0.25, 0.3) is 21.8 Å². The Morgan fingerprint density at radius 1 is 0.789 bits per heavy atom. The third kappa shape index (κ3) is 2.02. The molecule has 0 bridgehead atoms. The lowest BCUT2D eigenvalue weighted by Crippen LogP contribution is -2.13. The van der Waals surface area contributed by atoms with Crippen LogP contribution in [-0.2, 0) is 4.74 Å². The van der Waals surface area contributed by atoms with Crippen molar-refractivity contribution in [3.63, 3.8) is 0 Å². The summed E-state index contributed by atoms with van der Waals surface area (Å²) in [5, 5.41) is 2.58. The molecule has 0 saturated carbocycles. The van der Waals surface area contributed by atoms with E-state index < -0.39 is 0 Å². The van der Waals surface area contributed by atoms with Gasteiger partial charge in [0.25, 0.3) is 0 Å². The maximum absolute atomic E-state index is 5.97. The third-order valence-corrected chi connectivity index (χ3v) is 3.45. The van der Waals surface area contributed by atoms with Crippen molar-refractivity contribution in [3.8, 4) is 0 Å². The largest absolute Gasteiger partial charge is 0.356 e. The molecule has 1 atom stereocenters. The summed E-state index contributed by atoms with van der Waals surface area (Å²) >= 11 is 0. The van der Waals surface area contributed by atoms with Gasteiger partial charge in [-0.05, 0) is 32.9 Å². The first-order valence-corrected chi connectivity index (χ1v) is 6.81. The summed E-state index contributed by atoms with van der Waals surface area (Å²) in [6.45, 7) is 6.26. The van der Waals surface area contributed by atoms with Gasteiger partial charge in [-0.3, -0.25) is 0 Å². The Kier molecular flexibility index (Phi) is 3.03. The maximum atomic E-state index is 5.97. The molecule has 0 unspecified atom stereocenters. The minimum absolute atomic E-state index is 0.0322. The Bertz CT molecular complexity index is 658. The molecule has 0 aliphatic rings. The Morgan fingerprint density at radius 3 is 1.74 bits per heavy atom. The van der Waals surface area contributed by atoms with E-state index in [2.05, 4.69) is 73.9 Å². The molecule has 2 aromatic carbocycles. The second-order valence-electron chi connectivity index (χ2n) is 5.19. The highest BCUT2D eigenvalue weighted by Crippen LogP contribution is 2.32. The van der Waals surface area contributed by atoms with Crippen LogP contribution in [0.5, 0.6) is 0 Å². The molecule has 0 fully saturated rings. The molecule has 0 amide bonds. The predicted octanol–water partition coefficient (Wildman–Crippen LogP) is 4.74. The van der Waals surface area contributed by atoms with Gasteiger partial charge in [0, 0.05) is 10.8 Å². The van der Waals surface area contributed by atoms with Crippen molar-refractivity contribution in [3.05, 3.63) is 48.5 Å². The molecule has 0 aliphatic carbocycles. The molecule has 1 aromatic heterocycles. The molecular formula is C17H19NO. The van der Waals surface area contributed by atoms with Gasteiger partial charge in [-0.2, -0.15) is 0 Å². The fraction of sp³-hybridized carbons (Fsp3) is 0.294. The second-order valence-corrected chi connectivity index (χ2v) is 5.19. The van der Waals surface area contributed by atoms with Crippen LogP contribution < -0.4 is 0 Å². The summed E-state index contributed by atoms with van der Waals surface area (Å²) in [6, 6.07) is 17.0. The van der Waals surface area contributed by atoms with E-state index in [0.29, 0.717) is 0 Å². The highest BCUT2D eigenvalue weighted by atomic mass is 16.5. The summed E-state index contributed by atoms with van der Waals surface area (Å²) in [6.07, 6.45) is 0.250. The van der Waals surface area contributed by atoms with E-state index in [1.54, 1.807) is 0 Å². The topological polar surface area (TPSA) is 14.2 Å². The molecule has 0 aliphatic heterocycles.